The van der Waals surface area contributed by atoms with Crippen molar-refractivity contribution in [1.29, 1.82) is 0 Å². The number of nitrogen functional groups attached to an aromatic ring is 1. The van der Waals surface area contributed by atoms with Crippen LogP contribution in [-0.4, -0.2) is 33.5 Å². The van der Waals surface area contributed by atoms with Gasteiger partial charge in [0.1, 0.15) is 11.4 Å². The third-order valence-corrected chi connectivity index (χ3v) is 7.06. The minimum absolute atomic E-state index is 0.408. The Morgan fingerprint density at radius 2 is 1.87 bits per heavy atom. The normalized spacial score (nSPS) is 25.2. The second kappa shape index (κ2) is 7.27. The topological polar surface area (TPSA) is 55.8 Å². The number of anilines is 1. The molecule has 2 atom stereocenters. The van der Waals surface area contributed by atoms with Crippen molar-refractivity contribution in [2.75, 3.05) is 18.9 Å². The molecule has 2 fully saturated rings. The van der Waals surface area contributed by atoms with Crippen LogP contribution in [0.2, 0.25) is 0 Å². The summed E-state index contributed by atoms with van der Waals surface area (Å²) in [5.74, 6) is 0.893. The molecule has 1 saturated heterocycles. The van der Waals surface area contributed by atoms with E-state index >= 15 is 0 Å². The zero-order valence-corrected chi connectivity index (χ0v) is 19.2. The predicted molar refractivity (Wildman–Crippen MR) is 126 cm³/mol. The van der Waals surface area contributed by atoms with Crippen molar-refractivity contribution in [2.24, 2.45) is 10.8 Å². The minimum atomic E-state index is 0.408. The van der Waals surface area contributed by atoms with E-state index < -0.39 is 0 Å². The number of rotatable bonds is 5. The quantitative estimate of drug-likeness (QED) is 0.604. The van der Waals surface area contributed by atoms with Crippen LogP contribution in [0.25, 0.3) is 16.9 Å². The highest BCUT2D eigenvalue weighted by molar-refractivity contribution is 5.68. The summed E-state index contributed by atoms with van der Waals surface area (Å²) in [6, 6.07) is 12.9. The first-order valence-corrected chi connectivity index (χ1v) is 11.5. The van der Waals surface area contributed by atoms with E-state index in [-0.39, 0.29) is 0 Å². The fraction of sp³-hybridized carbons (Fsp3) is 0.500. The first kappa shape index (κ1) is 20.4. The minimum Gasteiger partial charge on any atom is -0.494 e. The molecule has 164 valence electrons. The van der Waals surface area contributed by atoms with E-state index in [1.807, 2.05) is 37.4 Å². The van der Waals surface area contributed by atoms with Crippen LogP contribution in [0.3, 0.4) is 0 Å². The Morgan fingerprint density at radius 3 is 2.61 bits per heavy atom. The molecule has 2 N–H and O–H groups in total. The van der Waals surface area contributed by atoms with Crippen molar-refractivity contribution >= 4 is 11.3 Å². The molecule has 3 aromatic rings. The van der Waals surface area contributed by atoms with Gasteiger partial charge in [-0.25, -0.2) is 4.98 Å². The van der Waals surface area contributed by atoms with Gasteiger partial charge in [0.2, 0.25) is 0 Å². The molecule has 2 aliphatic rings. The highest BCUT2D eigenvalue weighted by Crippen LogP contribution is 2.53. The van der Waals surface area contributed by atoms with Gasteiger partial charge in [0.25, 0.3) is 0 Å². The molecule has 1 aliphatic heterocycles. The third kappa shape index (κ3) is 3.80. The number of benzene rings is 1. The number of pyridine rings is 1. The molecule has 0 spiro atoms. The second-order valence-corrected chi connectivity index (χ2v) is 10.7. The Balaban J connectivity index is 1.54. The molecule has 2 unspecified atom stereocenters. The maximum atomic E-state index is 6.17. The molecule has 1 aliphatic carbocycles. The molecule has 0 radical (unpaired) electrons. The Labute approximate surface area is 185 Å². The summed E-state index contributed by atoms with van der Waals surface area (Å²) in [4.78, 5) is 7.71. The summed E-state index contributed by atoms with van der Waals surface area (Å²) in [5.41, 5.74) is 12.1. The molecule has 5 nitrogen and oxygen atoms in total. The summed E-state index contributed by atoms with van der Waals surface area (Å²) >= 11 is 0. The second-order valence-electron chi connectivity index (χ2n) is 10.7. The molecular weight excluding hydrogens is 384 g/mol. The fourth-order valence-corrected chi connectivity index (χ4v) is 6.32. The Morgan fingerprint density at radius 1 is 1.10 bits per heavy atom. The largest absolute Gasteiger partial charge is 0.494 e. The first-order chi connectivity index (χ1) is 14.8. The average molecular weight is 419 g/mol. The molecule has 3 heterocycles. The van der Waals surface area contributed by atoms with Gasteiger partial charge < -0.3 is 14.9 Å². The molecule has 2 bridgehead atoms. The smallest absolute Gasteiger partial charge is 0.137 e. The molecular formula is C26H34N4O. The summed E-state index contributed by atoms with van der Waals surface area (Å²) in [7, 11) is 0. The maximum Gasteiger partial charge on any atom is 0.137 e. The average Bonchev–Trinajstić information content (AvgIpc) is 3.16. The van der Waals surface area contributed by atoms with Crippen LogP contribution in [0, 0.1) is 10.8 Å². The number of nitrogens with zero attached hydrogens (tertiary/aromatic N) is 3. The van der Waals surface area contributed by atoms with Gasteiger partial charge in [0.05, 0.1) is 18.0 Å². The predicted octanol–water partition coefficient (Wildman–Crippen LogP) is 5.38. The summed E-state index contributed by atoms with van der Waals surface area (Å²) in [5, 5.41) is 0. The number of ether oxygens (including phenoxy) is 1. The summed E-state index contributed by atoms with van der Waals surface area (Å²) < 4.78 is 7.83. The van der Waals surface area contributed by atoms with Crippen LogP contribution in [0.1, 0.15) is 52.7 Å². The van der Waals surface area contributed by atoms with Crippen molar-refractivity contribution in [3.05, 3.63) is 48.3 Å². The number of hydrogen-bond donors (Lipinski definition) is 1. The lowest BCUT2D eigenvalue weighted by Gasteiger charge is -2.40. The summed E-state index contributed by atoms with van der Waals surface area (Å²) in [6.07, 6.45) is 5.88. The van der Waals surface area contributed by atoms with Crippen LogP contribution in [0.15, 0.2) is 42.6 Å². The lowest BCUT2D eigenvalue weighted by atomic mass is 9.65. The van der Waals surface area contributed by atoms with Gasteiger partial charge in [0.15, 0.2) is 0 Å². The molecule has 1 saturated carbocycles. The first-order valence-electron chi connectivity index (χ1n) is 11.5. The highest BCUT2D eigenvalue weighted by Gasteiger charge is 2.49. The number of nitrogens with two attached hydrogens (primary N) is 1. The Bertz CT molecular complexity index is 1100. The Kier molecular flexibility index (Phi) is 4.78. The van der Waals surface area contributed by atoms with E-state index in [1.54, 1.807) is 0 Å². The van der Waals surface area contributed by atoms with Crippen LogP contribution in [-0.2, 0) is 6.54 Å². The Hall–Kier alpha value is -2.53. The zero-order chi connectivity index (χ0) is 21.8. The highest BCUT2D eigenvalue weighted by atomic mass is 16.5. The fourth-order valence-electron chi connectivity index (χ4n) is 6.32. The van der Waals surface area contributed by atoms with Gasteiger partial charge in [0, 0.05) is 36.6 Å². The number of imidazole rings is 1. The maximum absolute atomic E-state index is 6.17. The van der Waals surface area contributed by atoms with Crippen LogP contribution >= 0.6 is 0 Å². The van der Waals surface area contributed by atoms with E-state index in [2.05, 4.69) is 42.2 Å². The van der Waals surface area contributed by atoms with Gasteiger partial charge >= 0.3 is 0 Å². The molecule has 1 aromatic carbocycles. The third-order valence-electron chi connectivity index (χ3n) is 7.06. The van der Waals surface area contributed by atoms with Gasteiger partial charge in [-0.15, -0.1) is 0 Å². The molecule has 31 heavy (non-hydrogen) atoms. The van der Waals surface area contributed by atoms with E-state index in [4.69, 9.17) is 15.5 Å². The van der Waals surface area contributed by atoms with Crippen LogP contribution < -0.4 is 10.5 Å². The van der Waals surface area contributed by atoms with Gasteiger partial charge in [-0.1, -0.05) is 20.8 Å². The van der Waals surface area contributed by atoms with Crippen molar-refractivity contribution in [1.82, 2.24) is 14.3 Å². The van der Waals surface area contributed by atoms with E-state index in [0.29, 0.717) is 23.5 Å². The molecule has 5 rings (SSSR count). The van der Waals surface area contributed by atoms with Crippen molar-refractivity contribution in [3.63, 3.8) is 0 Å². The zero-order valence-electron chi connectivity index (χ0n) is 19.2. The SMILES string of the molecule is CCOc1ccc(-c2nc3ccc(N)cn3c2CN2CC3(C)CC2CC(C)(C)C3)cc1. The van der Waals surface area contributed by atoms with Gasteiger partial charge in [-0.3, -0.25) is 4.90 Å². The number of likely N-dealkylation sites (tertiary alicyclic amines) is 1. The lowest BCUT2D eigenvalue weighted by molar-refractivity contribution is 0.126. The number of aromatic nitrogens is 2. The molecule has 0 amide bonds. The van der Waals surface area contributed by atoms with Gasteiger partial charge in [-0.2, -0.15) is 0 Å². The van der Waals surface area contributed by atoms with E-state index in [1.165, 1.54) is 25.0 Å². The molecule has 5 heteroatoms. The van der Waals surface area contributed by atoms with Crippen molar-refractivity contribution in [2.45, 2.75) is 59.5 Å². The lowest BCUT2D eigenvalue weighted by Crippen LogP contribution is -2.34. The van der Waals surface area contributed by atoms with Crippen molar-refractivity contribution < 1.29 is 4.74 Å². The number of fused-ring (bicyclic) bond motifs is 3. The van der Waals surface area contributed by atoms with E-state index in [9.17, 15) is 0 Å². The standard InChI is InChI=1S/C26H34N4O/c1-5-31-21-9-6-18(7-10-21)24-22(30-14-19(27)8-11-23(30)28-24)15-29-17-26(4)13-20(29)12-25(2,3)16-26/h6-11,14,20H,5,12-13,15-17,27H2,1-4H3. The van der Waals surface area contributed by atoms with Gasteiger partial charge in [-0.05, 0) is 73.4 Å². The van der Waals surface area contributed by atoms with Crippen LogP contribution in [0.4, 0.5) is 5.69 Å². The van der Waals surface area contributed by atoms with Crippen LogP contribution in [0.5, 0.6) is 5.75 Å². The number of hydrogen-bond acceptors (Lipinski definition) is 4. The summed E-state index contributed by atoms with van der Waals surface area (Å²) in [6.45, 7) is 12.1. The monoisotopic (exact) mass is 418 g/mol. The van der Waals surface area contributed by atoms with E-state index in [0.717, 1.165) is 41.4 Å². The van der Waals surface area contributed by atoms with Crippen molar-refractivity contribution in [3.8, 4) is 17.0 Å². The molecule has 2 aromatic heterocycles.